The van der Waals surface area contributed by atoms with Crippen molar-refractivity contribution in [1.29, 1.82) is 0 Å². The van der Waals surface area contributed by atoms with Crippen molar-refractivity contribution in [1.82, 2.24) is 10.3 Å². The second kappa shape index (κ2) is 8.90. The standard InChI is InChI=1S/C18H21Cl2N3O/c1-12(2)10-23-18(24)14-4-6-17(22-11-14)21-8-7-13-3-5-15(19)9-16(13)20/h3-6,9,11-12H,7-8,10H2,1-2H3,(H,21,22)(H,23,24). The van der Waals surface area contributed by atoms with Gasteiger partial charge in [-0.25, -0.2) is 4.98 Å². The fourth-order valence-corrected chi connectivity index (χ4v) is 2.58. The third-order valence-electron chi connectivity index (χ3n) is 3.41. The molecule has 0 bridgehead atoms. The van der Waals surface area contributed by atoms with Gasteiger partial charge in [-0.1, -0.05) is 43.1 Å². The predicted molar refractivity (Wildman–Crippen MR) is 100 cm³/mol. The van der Waals surface area contributed by atoms with Gasteiger partial charge in [0.15, 0.2) is 0 Å². The Balaban J connectivity index is 1.84. The molecule has 0 atom stereocenters. The molecule has 4 nitrogen and oxygen atoms in total. The molecule has 24 heavy (non-hydrogen) atoms. The largest absolute Gasteiger partial charge is 0.370 e. The van der Waals surface area contributed by atoms with E-state index in [2.05, 4.69) is 29.5 Å². The fourth-order valence-electron chi connectivity index (χ4n) is 2.08. The van der Waals surface area contributed by atoms with Crippen LogP contribution in [0.1, 0.15) is 29.8 Å². The lowest BCUT2D eigenvalue weighted by molar-refractivity contribution is 0.0948. The van der Waals surface area contributed by atoms with Gasteiger partial charge in [0.05, 0.1) is 5.56 Å². The van der Waals surface area contributed by atoms with E-state index in [0.29, 0.717) is 34.6 Å². The molecular formula is C18H21Cl2N3O. The number of aromatic nitrogens is 1. The molecule has 0 aliphatic heterocycles. The van der Waals surface area contributed by atoms with Crippen molar-refractivity contribution < 1.29 is 4.79 Å². The van der Waals surface area contributed by atoms with Gasteiger partial charge in [-0.15, -0.1) is 0 Å². The van der Waals surface area contributed by atoms with Crippen LogP contribution in [-0.4, -0.2) is 24.0 Å². The Bertz CT molecular complexity index is 687. The van der Waals surface area contributed by atoms with Gasteiger partial charge in [0.1, 0.15) is 5.82 Å². The van der Waals surface area contributed by atoms with E-state index >= 15 is 0 Å². The molecule has 2 aromatic rings. The second-order valence-electron chi connectivity index (χ2n) is 5.95. The molecule has 1 heterocycles. The molecule has 0 unspecified atom stereocenters. The van der Waals surface area contributed by atoms with E-state index in [0.717, 1.165) is 17.8 Å². The normalized spacial score (nSPS) is 10.7. The molecule has 0 aliphatic carbocycles. The van der Waals surface area contributed by atoms with E-state index in [1.54, 1.807) is 24.4 Å². The van der Waals surface area contributed by atoms with E-state index in [1.165, 1.54) is 0 Å². The van der Waals surface area contributed by atoms with Crippen LogP contribution < -0.4 is 10.6 Å². The van der Waals surface area contributed by atoms with Crippen LogP contribution in [0.4, 0.5) is 5.82 Å². The van der Waals surface area contributed by atoms with Crippen molar-refractivity contribution in [3.63, 3.8) is 0 Å². The molecule has 0 saturated carbocycles. The number of nitrogens with one attached hydrogen (secondary N) is 2. The number of carbonyl (C=O) groups is 1. The topological polar surface area (TPSA) is 54.0 Å². The smallest absolute Gasteiger partial charge is 0.252 e. The lowest BCUT2D eigenvalue weighted by Crippen LogP contribution is -2.27. The minimum atomic E-state index is -0.101. The minimum absolute atomic E-state index is 0.101. The maximum atomic E-state index is 11.9. The van der Waals surface area contributed by atoms with Crippen molar-refractivity contribution >= 4 is 34.9 Å². The number of halogens is 2. The summed E-state index contributed by atoms with van der Waals surface area (Å²) in [5, 5.41) is 7.38. The Hall–Kier alpha value is -1.78. The van der Waals surface area contributed by atoms with Gasteiger partial charge in [-0.05, 0) is 42.2 Å². The summed E-state index contributed by atoms with van der Waals surface area (Å²) in [6.07, 6.45) is 2.33. The van der Waals surface area contributed by atoms with Crippen LogP contribution in [0.2, 0.25) is 10.0 Å². The first-order chi connectivity index (χ1) is 11.5. The molecule has 0 fully saturated rings. The number of carbonyl (C=O) groups excluding carboxylic acids is 1. The van der Waals surface area contributed by atoms with Crippen molar-refractivity contribution in [2.24, 2.45) is 5.92 Å². The second-order valence-corrected chi connectivity index (χ2v) is 6.79. The number of anilines is 1. The summed E-state index contributed by atoms with van der Waals surface area (Å²) < 4.78 is 0. The summed E-state index contributed by atoms with van der Waals surface area (Å²) in [4.78, 5) is 16.2. The summed E-state index contributed by atoms with van der Waals surface area (Å²) in [7, 11) is 0. The maximum Gasteiger partial charge on any atom is 0.252 e. The molecular weight excluding hydrogens is 345 g/mol. The monoisotopic (exact) mass is 365 g/mol. The SMILES string of the molecule is CC(C)CNC(=O)c1ccc(NCCc2ccc(Cl)cc2Cl)nc1. The first kappa shape index (κ1) is 18.6. The van der Waals surface area contributed by atoms with Crippen molar-refractivity contribution in [3.05, 3.63) is 57.7 Å². The van der Waals surface area contributed by atoms with Crippen LogP contribution in [0.15, 0.2) is 36.5 Å². The highest BCUT2D eigenvalue weighted by Crippen LogP contribution is 2.21. The van der Waals surface area contributed by atoms with E-state index in [9.17, 15) is 4.79 Å². The fraction of sp³-hybridized carbons (Fsp3) is 0.333. The van der Waals surface area contributed by atoms with E-state index in [-0.39, 0.29) is 5.91 Å². The molecule has 128 valence electrons. The number of rotatable bonds is 7. The van der Waals surface area contributed by atoms with Gasteiger partial charge in [-0.2, -0.15) is 0 Å². The summed E-state index contributed by atoms with van der Waals surface area (Å²) in [5.74, 6) is 1.04. The molecule has 6 heteroatoms. The Kier molecular flexibility index (Phi) is 6.88. The van der Waals surface area contributed by atoms with Crippen molar-refractivity contribution in [2.75, 3.05) is 18.4 Å². The minimum Gasteiger partial charge on any atom is -0.370 e. The zero-order valence-corrected chi connectivity index (χ0v) is 15.3. The molecule has 1 aromatic heterocycles. The Morgan fingerprint density at radius 2 is 2.00 bits per heavy atom. The molecule has 2 rings (SSSR count). The Morgan fingerprint density at radius 3 is 2.62 bits per heavy atom. The van der Waals surface area contributed by atoms with E-state index in [4.69, 9.17) is 23.2 Å². The van der Waals surface area contributed by atoms with Gasteiger partial charge < -0.3 is 10.6 Å². The first-order valence-electron chi connectivity index (χ1n) is 7.87. The predicted octanol–water partition coefficient (Wildman–Crippen LogP) is 4.43. The lowest BCUT2D eigenvalue weighted by Gasteiger charge is -2.09. The number of pyridine rings is 1. The zero-order chi connectivity index (χ0) is 17.5. The van der Waals surface area contributed by atoms with Gasteiger partial charge >= 0.3 is 0 Å². The summed E-state index contributed by atoms with van der Waals surface area (Å²) in [6, 6.07) is 9.04. The van der Waals surface area contributed by atoms with Crippen molar-refractivity contribution in [2.45, 2.75) is 20.3 Å². The van der Waals surface area contributed by atoms with Gasteiger partial charge in [0, 0.05) is 29.3 Å². The van der Waals surface area contributed by atoms with Gasteiger partial charge in [0.25, 0.3) is 5.91 Å². The zero-order valence-electron chi connectivity index (χ0n) is 13.8. The Labute approximate surface area is 152 Å². The van der Waals surface area contributed by atoms with Crippen LogP contribution in [-0.2, 0) is 6.42 Å². The summed E-state index contributed by atoms with van der Waals surface area (Å²) >= 11 is 12.0. The average molecular weight is 366 g/mol. The van der Waals surface area contributed by atoms with Crippen LogP contribution in [0.25, 0.3) is 0 Å². The number of hydrogen-bond donors (Lipinski definition) is 2. The van der Waals surface area contributed by atoms with E-state index in [1.807, 2.05) is 12.1 Å². The molecule has 0 saturated heterocycles. The summed E-state index contributed by atoms with van der Waals surface area (Å²) in [5.41, 5.74) is 1.58. The van der Waals surface area contributed by atoms with Crippen LogP contribution in [0, 0.1) is 5.92 Å². The van der Waals surface area contributed by atoms with E-state index < -0.39 is 0 Å². The highest BCUT2D eigenvalue weighted by Gasteiger charge is 2.07. The lowest BCUT2D eigenvalue weighted by atomic mass is 10.1. The number of nitrogens with zero attached hydrogens (tertiary/aromatic N) is 1. The molecule has 2 N–H and O–H groups in total. The average Bonchev–Trinajstić information content (AvgIpc) is 2.55. The number of hydrogen-bond acceptors (Lipinski definition) is 3. The Morgan fingerprint density at radius 1 is 1.21 bits per heavy atom. The number of amides is 1. The van der Waals surface area contributed by atoms with Crippen LogP contribution in [0.5, 0.6) is 0 Å². The third kappa shape index (κ3) is 5.69. The van der Waals surface area contributed by atoms with Gasteiger partial charge in [0.2, 0.25) is 0 Å². The molecule has 1 aromatic carbocycles. The van der Waals surface area contributed by atoms with Crippen LogP contribution in [0.3, 0.4) is 0 Å². The highest BCUT2D eigenvalue weighted by molar-refractivity contribution is 6.35. The summed E-state index contributed by atoms with van der Waals surface area (Å²) in [6.45, 7) is 5.45. The quantitative estimate of drug-likeness (QED) is 0.762. The number of benzene rings is 1. The third-order valence-corrected chi connectivity index (χ3v) is 4.00. The first-order valence-corrected chi connectivity index (χ1v) is 8.63. The molecule has 0 aliphatic rings. The molecule has 0 spiro atoms. The van der Waals surface area contributed by atoms with Crippen molar-refractivity contribution in [3.8, 4) is 0 Å². The maximum absolute atomic E-state index is 11.9. The highest BCUT2D eigenvalue weighted by atomic mass is 35.5. The van der Waals surface area contributed by atoms with Gasteiger partial charge in [-0.3, -0.25) is 4.79 Å². The van der Waals surface area contributed by atoms with Crippen LogP contribution >= 0.6 is 23.2 Å². The molecule has 1 amide bonds. The molecule has 0 radical (unpaired) electrons.